The SMILES string of the molecule is CS(=O)(=O)Nc1cc(Cl)cc(-c2ccc(C3CC3N)cc2)c1. The first-order chi connectivity index (χ1) is 10.3. The van der Waals surface area contributed by atoms with Crippen LogP contribution in [0.1, 0.15) is 17.9 Å². The second-order valence-corrected chi connectivity index (χ2v) is 7.92. The van der Waals surface area contributed by atoms with Gasteiger partial charge in [-0.2, -0.15) is 0 Å². The Labute approximate surface area is 135 Å². The molecule has 3 N–H and O–H groups in total. The van der Waals surface area contributed by atoms with Gasteiger partial charge in [0.25, 0.3) is 0 Å². The Morgan fingerprint density at radius 3 is 2.32 bits per heavy atom. The van der Waals surface area contributed by atoms with E-state index >= 15 is 0 Å². The molecule has 0 bridgehead atoms. The summed E-state index contributed by atoms with van der Waals surface area (Å²) in [5.41, 5.74) is 9.41. The van der Waals surface area contributed by atoms with E-state index in [1.54, 1.807) is 12.1 Å². The van der Waals surface area contributed by atoms with E-state index in [2.05, 4.69) is 16.9 Å². The number of rotatable bonds is 4. The minimum atomic E-state index is -3.33. The fourth-order valence-electron chi connectivity index (χ4n) is 2.55. The van der Waals surface area contributed by atoms with Crippen LogP contribution in [0, 0.1) is 0 Å². The van der Waals surface area contributed by atoms with E-state index in [0.29, 0.717) is 16.6 Å². The molecule has 6 heteroatoms. The fraction of sp³-hybridized carbons (Fsp3) is 0.250. The van der Waals surface area contributed by atoms with Gasteiger partial charge in [-0.1, -0.05) is 35.9 Å². The summed E-state index contributed by atoms with van der Waals surface area (Å²) in [7, 11) is -3.33. The second-order valence-electron chi connectivity index (χ2n) is 5.73. The Morgan fingerprint density at radius 1 is 1.14 bits per heavy atom. The van der Waals surface area contributed by atoms with Crippen molar-refractivity contribution < 1.29 is 8.42 Å². The Morgan fingerprint density at radius 2 is 1.77 bits per heavy atom. The summed E-state index contributed by atoms with van der Waals surface area (Å²) in [4.78, 5) is 0. The molecule has 116 valence electrons. The molecule has 1 saturated carbocycles. The molecule has 0 heterocycles. The maximum absolute atomic E-state index is 11.4. The summed E-state index contributed by atoms with van der Waals surface area (Å²) >= 11 is 6.09. The maximum Gasteiger partial charge on any atom is 0.229 e. The van der Waals surface area contributed by atoms with E-state index < -0.39 is 10.0 Å². The van der Waals surface area contributed by atoms with E-state index in [1.165, 1.54) is 5.56 Å². The summed E-state index contributed by atoms with van der Waals surface area (Å²) in [6.07, 6.45) is 2.15. The van der Waals surface area contributed by atoms with Gasteiger partial charge in [-0.25, -0.2) is 8.42 Å². The molecule has 1 aliphatic carbocycles. The van der Waals surface area contributed by atoms with Gasteiger partial charge in [0.05, 0.1) is 11.9 Å². The van der Waals surface area contributed by atoms with Gasteiger partial charge in [0.1, 0.15) is 0 Å². The van der Waals surface area contributed by atoms with Crippen molar-refractivity contribution in [1.82, 2.24) is 0 Å². The average Bonchev–Trinajstić information content (AvgIpc) is 3.13. The molecular formula is C16H17ClN2O2S. The number of sulfonamides is 1. The van der Waals surface area contributed by atoms with Crippen LogP contribution >= 0.6 is 11.6 Å². The number of nitrogens with one attached hydrogen (secondary N) is 1. The zero-order valence-corrected chi connectivity index (χ0v) is 13.7. The van der Waals surface area contributed by atoms with Gasteiger partial charge in [0.2, 0.25) is 10.0 Å². The predicted octanol–water partition coefficient (Wildman–Crippen LogP) is 3.19. The van der Waals surface area contributed by atoms with Crippen LogP contribution in [0.4, 0.5) is 5.69 Å². The first-order valence-corrected chi connectivity index (χ1v) is 9.23. The lowest BCUT2D eigenvalue weighted by molar-refractivity contribution is 0.607. The topological polar surface area (TPSA) is 72.2 Å². The number of hydrogen-bond acceptors (Lipinski definition) is 3. The summed E-state index contributed by atoms with van der Waals surface area (Å²) in [5.74, 6) is 0.468. The van der Waals surface area contributed by atoms with Crippen molar-refractivity contribution >= 4 is 27.3 Å². The van der Waals surface area contributed by atoms with Crippen molar-refractivity contribution in [3.63, 3.8) is 0 Å². The van der Waals surface area contributed by atoms with Crippen LogP contribution in [0.3, 0.4) is 0 Å². The zero-order valence-electron chi connectivity index (χ0n) is 12.1. The normalized spacial score (nSPS) is 20.7. The molecule has 0 aromatic heterocycles. The number of benzene rings is 2. The quantitative estimate of drug-likeness (QED) is 0.900. The summed E-state index contributed by atoms with van der Waals surface area (Å²) in [6, 6.07) is 13.6. The molecule has 0 spiro atoms. The summed E-state index contributed by atoms with van der Waals surface area (Å²) in [5, 5.41) is 0.483. The van der Waals surface area contributed by atoms with Crippen molar-refractivity contribution in [1.29, 1.82) is 0 Å². The molecule has 3 rings (SSSR count). The molecular weight excluding hydrogens is 320 g/mol. The molecule has 2 aromatic rings. The van der Waals surface area contributed by atoms with Crippen LogP contribution in [-0.2, 0) is 10.0 Å². The third-order valence-corrected chi connectivity index (χ3v) is 4.54. The molecule has 2 unspecified atom stereocenters. The molecule has 1 fully saturated rings. The van der Waals surface area contributed by atoms with Crippen LogP contribution in [0.2, 0.25) is 5.02 Å². The Hall–Kier alpha value is -1.56. The van der Waals surface area contributed by atoms with Gasteiger partial charge in [-0.05, 0) is 41.3 Å². The average molecular weight is 337 g/mol. The lowest BCUT2D eigenvalue weighted by Gasteiger charge is -2.09. The molecule has 0 amide bonds. The minimum Gasteiger partial charge on any atom is -0.327 e. The number of hydrogen-bond donors (Lipinski definition) is 2. The number of halogens is 1. The van der Waals surface area contributed by atoms with Crippen molar-refractivity contribution in [3.8, 4) is 11.1 Å². The van der Waals surface area contributed by atoms with Crippen molar-refractivity contribution in [2.24, 2.45) is 5.73 Å². The van der Waals surface area contributed by atoms with Crippen LogP contribution in [0.25, 0.3) is 11.1 Å². The number of nitrogens with two attached hydrogens (primary N) is 1. The standard InChI is InChI=1S/C16H17ClN2O2S/c1-22(20,21)19-14-7-12(6-13(17)8-14)10-2-4-11(5-3-10)15-9-16(15)18/h2-8,15-16,19H,9,18H2,1H3. The molecule has 1 aliphatic rings. The van der Waals surface area contributed by atoms with Gasteiger partial charge in [-0.3, -0.25) is 4.72 Å². The highest BCUT2D eigenvalue weighted by molar-refractivity contribution is 7.92. The lowest BCUT2D eigenvalue weighted by Crippen LogP contribution is -2.09. The first kappa shape index (κ1) is 15.3. The maximum atomic E-state index is 11.4. The Balaban J connectivity index is 1.90. The van der Waals surface area contributed by atoms with Gasteiger partial charge in [-0.15, -0.1) is 0 Å². The molecule has 22 heavy (non-hydrogen) atoms. The molecule has 4 nitrogen and oxygen atoms in total. The lowest BCUT2D eigenvalue weighted by atomic mass is 10.0. The fourth-order valence-corrected chi connectivity index (χ4v) is 3.33. The zero-order chi connectivity index (χ0) is 15.9. The molecule has 0 saturated heterocycles. The van der Waals surface area contributed by atoms with Crippen molar-refractivity contribution in [2.45, 2.75) is 18.4 Å². The van der Waals surface area contributed by atoms with E-state index in [4.69, 9.17) is 17.3 Å². The van der Waals surface area contributed by atoms with Gasteiger partial charge < -0.3 is 5.73 Å². The second kappa shape index (κ2) is 5.57. The summed E-state index contributed by atoms with van der Waals surface area (Å²) in [6.45, 7) is 0. The Bertz CT molecular complexity index is 803. The number of anilines is 1. The summed E-state index contributed by atoms with van der Waals surface area (Å²) < 4.78 is 25.2. The third kappa shape index (κ3) is 3.61. The van der Waals surface area contributed by atoms with E-state index in [1.807, 2.05) is 18.2 Å². The van der Waals surface area contributed by atoms with Crippen molar-refractivity contribution in [3.05, 3.63) is 53.1 Å². The minimum absolute atomic E-state index is 0.280. The monoisotopic (exact) mass is 336 g/mol. The van der Waals surface area contributed by atoms with Crippen LogP contribution < -0.4 is 10.5 Å². The van der Waals surface area contributed by atoms with Gasteiger partial charge >= 0.3 is 0 Å². The highest BCUT2D eigenvalue weighted by Crippen LogP contribution is 2.39. The Kier molecular flexibility index (Phi) is 3.89. The smallest absolute Gasteiger partial charge is 0.229 e. The highest BCUT2D eigenvalue weighted by atomic mass is 35.5. The van der Waals surface area contributed by atoms with Gasteiger partial charge in [0, 0.05) is 17.0 Å². The molecule has 0 radical (unpaired) electrons. The molecule has 0 aliphatic heterocycles. The first-order valence-electron chi connectivity index (χ1n) is 6.96. The third-order valence-electron chi connectivity index (χ3n) is 3.71. The van der Waals surface area contributed by atoms with Gasteiger partial charge in [0.15, 0.2) is 0 Å². The van der Waals surface area contributed by atoms with Crippen LogP contribution in [0.5, 0.6) is 0 Å². The highest BCUT2D eigenvalue weighted by Gasteiger charge is 2.34. The molecule has 2 atom stereocenters. The van der Waals surface area contributed by atoms with Crippen LogP contribution in [0.15, 0.2) is 42.5 Å². The van der Waals surface area contributed by atoms with E-state index in [9.17, 15) is 8.42 Å². The largest absolute Gasteiger partial charge is 0.327 e. The predicted molar refractivity (Wildman–Crippen MR) is 90.7 cm³/mol. The van der Waals surface area contributed by atoms with E-state index in [-0.39, 0.29) is 6.04 Å². The van der Waals surface area contributed by atoms with Crippen LogP contribution in [-0.4, -0.2) is 20.7 Å². The molecule has 2 aromatic carbocycles. The van der Waals surface area contributed by atoms with Crippen molar-refractivity contribution in [2.75, 3.05) is 11.0 Å². The van der Waals surface area contributed by atoms with E-state index in [0.717, 1.165) is 23.8 Å².